The summed E-state index contributed by atoms with van der Waals surface area (Å²) in [5, 5.41) is 29.9. The number of thioether (sulfide) groups is 1. The molecule has 0 aliphatic carbocycles. The molecule has 1 aliphatic heterocycles. The molecule has 1 aliphatic rings. The molecule has 0 unspecified atom stereocenters. The van der Waals surface area contributed by atoms with Gasteiger partial charge in [-0.1, -0.05) is 36.4 Å². The quantitative estimate of drug-likeness (QED) is 0.237. The smallest absolute Gasteiger partial charge is 0.243 e. The van der Waals surface area contributed by atoms with Crippen molar-refractivity contribution < 1.29 is 24.5 Å². The lowest BCUT2D eigenvalue weighted by Gasteiger charge is -2.47. The topological polar surface area (TPSA) is 93.9 Å². The highest BCUT2D eigenvalue weighted by Gasteiger charge is 2.49. The molecular weight excluding hydrogens is 479 g/mol. The van der Waals surface area contributed by atoms with Gasteiger partial charge in [0.05, 0.1) is 12.1 Å². The van der Waals surface area contributed by atoms with Crippen molar-refractivity contribution in [3.05, 3.63) is 108 Å². The molecule has 1 aromatic heterocycles. The number of aliphatic hydroxyl groups excluding tert-OH is 1. The number of aromatic nitrogens is 1. The summed E-state index contributed by atoms with van der Waals surface area (Å²) in [5.41, 5.74) is 3.85. The van der Waals surface area contributed by atoms with Crippen molar-refractivity contribution in [1.29, 1.82) is 0 Å². The number of anilines is 1. The molecule has 2 heterocycles. The van der Waals surface area contributed by atoms with Crippen molar-refractivity contribution in [3.8, 4) is 22.6 Å². The van der Waals surface area contributed by atoms with E-state index in [1.54, 1.807) is 23.4 Å². The van der Waals surface area contributed by atoms with Crippen LogP contribution in [0.3, 0.4) is 0 Å². The van der Waals surface area contributed by atoms with E-state index in [-0.39, 0.29) is 29.0 Å². The maximum Gasteiger partial charge on any atom is 0.243 e. The number of amides is 1. The molecule has 5 rings (SSSR count). The Kier molecular flexibility index (Phi) is 6.63. The predicted octanol–water partition coefficient (Wildman–Crippen LogP) is 5.22. The SMILES string of the molecule is O=C1[C@H](SC[C@H](O)c2ccc(F)cc2)[C@@H](c2ccc(O)c(O)c2)N1c1ccc(-c2cccnc2)cc1. The fourth-order valence-corrected chi connectivity index (χ4v) is 5.58. The van der Waals surface area contributed by atoms with Gasteiger partial charge in [-0.05, 0) is 64.7 Å². The molecule has 0 bridgehead atoms. The summed E-state index contributed by atoms with van der Waals surface area (Å²) in [6, 6.07) is 21.1. The van der Waals surface area contributed by atoms with Gasteiger partial charge in [-0.15, -0.1) is 11.8 Å². The van der Waals surface area contributed by atoms with E-state index in [2.05, 4.69) is 4.98 Å². The van der Waals surface area contributed by atoms with E-state index in [0.717, 1.165) is 11.1 Å². The maximum absolute atomic E-state index is 13.3. The number of carbonyl (C=O) groups excluding carboxylic acids is 1. The van der Waals surface area contributed by atoms with Crippen LogP contribution in [0.25, 0.3) is 11.1 Å². The van der Waals surface area contributed by atoms with Crippen LogP contribution in [0.1, 0.15) is 23.3 Å². The van der Waals surface area contributed by atoms with Gasteiger partial charge in [-0.25, -0.2) is 4.39 Å². The Morgan fingerprint density at radius 3 is 2.36 bits per heavy atom. The number of β-lactam (4-membered cyclic amide) rings is 1. The average molecular weight is 503 g/mol. The van der Waals surface area contributed by atoms with E-state index in [4.69, 9.17) is 0 Å². The second-order valence-electron chi connectivity index (χ2n) is 8.51. The van der Waals surface area contributed by atoms with Crippen LogP contribution in [0, 0.1) is 5.82 Å². The first-order chi connectivity index (χ1) is 17.4. The number of aliphatic hydroxyl groups is 1. The van der Waals surface area contributed by atoms with Crippen molar-refractivity contribution in [3.63, 3.8) is 0 Å². The number of nitrogens with zero attached hydrogens (tertiary/aromatic N) is 2. The third kappa shape index (κ3) is 4.65. The van der Waals surface area contributed by atoms with Crippen LogP contribution in [-0.4, -0.2) is 37.2 Å². The molecule has 3 aromatic carbocycles. The Balaban J connectivity index is 1.39. The van der Waals surface area contributed by atoms with Crippen LogP contribution in [0.4, 0.5) is 10.1 Å². The lowest BCUT2D eigenvalue weighted by atomic mass is 9.91. The van der Waals surface area contributed by atoms with Gasteiger partial charge in [0.15, 0.2) is 11.5 Å². The zero-order valence-electron chi connectivity index (χ0n) is 19.0. The molecule has 3 atom stereocenters. The lowest BCUT2D eigenvalue weighted by Crippen LogP contribution is -2.57. The molecule has 182 valence electrons. The van der Waals surface area contributed by atoms with Gasteiger partial charge in [0, 0.05) is 23.8 Å². The maximum atomic E-state index is 13.3. The van der Waals surface area contributed by atoms with Crippen LogP contribution < -0.4 is 4.90 Å². The Bertz CT molecular complexity index is 1370. The largest absolute Gasteiger partial charge is 0.504 e. The van der Waals surface area contributed by atoms with Crippen LogP contribution in [-0.2, 0) is 4.79 Å². The van der Waals surface area contributed by atoms with Gasteiger partial charge in [0.2, 0.25) is 5.91 Å². The fourth-order valence-electron chi connectivity index (χ4n) is 4.29. The van der Waals surface area contributed by atoms with Crippen molar-refractivity contribution >= 4 is 23.4 Å². The molecule has 6 nitrogen and oxygen atoms in total. The number of phenols is 2. The number of phenolic OH excluding ortho intramolecular Hbond substituents is 2. The lowest BCUT2D eigenvalue weighted by molar-refractivity contribution is -0.123. The molecule has 1 amide bonds. The summed E-state index contributed by atoms with van der Waals surface area (Å²) >= 11 is 1.30. The number of carbonyl (C=O) groups is 1. The van der Waals surface area contributed by atoms with Crippen LogP contribution in [0.5, 0.6) is 11.5 Å². The first-order valence-electron chi connectivity index (χ1n) is 11.3. The van der Waals surface area contributed by atoms with Crippen molar-refractivity contribution in [2.45, 2.75) is 17.4 Å². The van der Waals surface area contributed by atoms with E-state index in [1.165, 1.54) is 48.2 Å². The van der Waals surface area contributed by atoms with Crippen molar-refractivity contribution in [2.75, 3.05) is 10.7 Å². The zero-order chi connectivity index (χ0) is 25.2. The fraction of sp³-hybridized carbons (Fsp3) is 0.143. The Morgan fingerprint density at radius 2 is 1.69 bits per heavy atom. The number of halogens is 1. The normalized spacial score (nSPS) is 18.1. The molecule has 3 N–H and O–H groups in total. The van der Waals surface area contributed by atoms with E-state index >= 15 is 0 Å². The van der Waals surface area contributed by atoms with E-state index in [9.17, 15) is 24.5 Å². The number of rotatable bonds is 7. The standard InChI is InChI=1S/C28H23FN2O4S/c29-21-8-3-18(4-9-21)25(34)16-36-27-26(19-7-12-23(32)24(33)14-19)31(28(27)35)22-10-5-17(6-11-22)20-2-1-13-30-15-20/h1-15,25-27,32-34H,16H2/t25-,26+,27+/m0/s1. The van der Waals surface area contributed by atoms with Gasteiger partial charge in [-0.2, -0.15) is 0 Å². The minimum atomic E-state index is -0.870. The van der Waals surface area contributed by atoms with E-state index in [1.807, 2.05) is 36.4 Å². The highest BCUT2D eigenvalue weighted by atomic mass is 32.2. The van der Waals surface area contributed by atoms with Gasteiger partial charge < -0.3 is 20.2 Å². The second kappa shape index (κ2) is 10.0. The molecule has 1 saturated heterocycles. The molecule has 0 radical (unpaired) electrons. The zero-order valence-corrected chi connectivity index (χ0v) is 19.8. The van der Waals surface area contributed by atoms with Crippen LogP contribution in [0.15, 0.2) is 91.3 Å². The Morgan fingerprint density at radius 1 is 0.944 bits per heavy atom. The molecule has 8 heteroatoms. The summed E-state index contributed by atoms with van der Waals surface area (Å²) in [6.45, 7) is 0. The van der Waals surface area contributed by atoms with Gasteiger partial charge >= 0.3 is 0 Å². The molecular formula is C28H23FN2O4S. The molecule has 0 saturated carbocycles. The second-order valence-corrected chi connectivity index (χ2v) is 9.69. The highest BCUT2D eigenvalue weighted by Crippen LogP contribution is 2.47. The molecule has 36 heavy (non-hydrogen) atoms. The summed E-state index contributed by atoms with van der Waals surface area (Å²) in [4.78, 5) is 19.1. The van der Waals surface area contributed by atoms with Crippen LogP contribution >= 0.6 is 11.8 Å². The summed E-state index contributed by atoms with van der Waals surface area (Å²) < 4.78 is 13.2. The minimum absolute atomic E-state index is 0.127. The summed E-state index contributed by atoms with van der Waals surface area (Å²) in [7, 11) is 0. The van der Waals surface area contributed by atoms with E-state index < -0.39 is 17.4 Å². The first kappa shape index (κ1) is 23.8. The van der Waals surface area contributed by atoms with Gasteiger partial charge in [0.1, 0.15) is 11.1 Å². The molecule has 4 aromatic rings. The van der Waals surface area contributed by atoms with Gasteiger partial charge in [0.25, 0.3) is 0 Å². The van der Waals surface area contributed by atoms with E-state index in [0.29, 0.717) is 16.8 Å². The number of benzene rings is 3. The average Bonchev–Trinajstić information content (AvgIpc) is 2.90. The molecule has 1 fully saturated rings. The number of hydrogen-bond acceptors (Lipinski definition) is 6. The Labute approximate surface area is 211 Å². The van der Waals surface area contributed by atoms with Gasteiger partial charge in [-0.3, -0.25) is 9.78 Å². The first-order valence-corrected chi connectivity index (χ1v) is 12.4. The monoisotopic (exact) mass is 502 g/mol. The van der Waals surface area contributed by atoms with Crippen molar-refractivity contribution in [2.24, 2.45) is 0 Å². The number of aromatic hydroxyl groups is 2. The Hall–Kier alpha value is -3.88. The van der Waals surface area contributed by atoms with Crippen molar-refractivity contribution in [1.82, 2.24) is 4.98 Å². The predicted molar refractivity (Wildman–Crippen MR) is 137 cm³/mol. The number of hydrogen-bond donors (Lipinski definition) is 3. The minimum Gasteiger partial charge on any atom is -0.504 e. The third-order valence-corrected chi connectivity index (χ3v) is 7.54. The summed E-state index contributed by atoms with van der Waals surface area (Å²) in [5.74, 6) is -0.791. The third-order valence-electron chi connectivity index (χ3n) is 6.22. The molecule has 0 spiro atoms. The number of pyridine rings is 1. The highest BCUT2D eigenvalue weighted by molar-refractivity contribution is 8.00. The summed E-state index contributed by atoms with van der Waals surface area (Å²) in [6.07, 6.45) is 2.61. The van der Waals surface area contributed by atoms with Crippen LogP contribution in [0.2, 0.25) is 0 Å².